The van der Waals surface area contributed by atoms with Gasteiger partial charge in [0.2, 0.25) is 5.91 Å². The number of aliphatic hydroxyl groups excluding tert-OH is 1. The molecule has 1 aliphatic rings. The molecule has 1 aliphatic carbocycles. The molecule has 1 aromatic rings. The van der Waals surface area contributed by atoms with Crippen molar-refractivity contribution in [1.82, 2.24) is 5.32 Å². The summed E-state index contributed by atoms with van der Waals surface area (Å²) in [7, 11) is 0. The molecular formula is C12H15NO2S. The van der Waals surface area contributed by atoms with Gasteiger partial charge in [0, 0.05) is 12.1 Å². The molecule has 2 rings (SSSR count). The van der Waals surface area contributed by atoms with Crippen molar-refractivity contribution in [3.8, 4) is 0 Å². The molecule has 0 fully saturated rings. The summed E-state index contributed by atoms with van der Waals surface area (Å²) in [5.41, 5.74) is 1.73. The van der Waals surface area contributed by atoms with Crippen LogP contribution in [0.15, 0.2) is 28.5 Å². The van der Waals surface area contributed by atoms with Crippen molar-refractivity contribution in [2.75, 3.05) is 6.54 Å². The lowest BCUT2D eigenvalue weighted by Gasteiger charge is -2.10. The number of nitrogens with one attached hydrogen (secondary N) is 1. The molecule has 0 spiro atoms. The fourth-order valence-electron chi connectivity index (χ4n) is 1.76. The third-order valence-corrected chi connectivity index (χ3v) is 3.42. The van der Waals surface area contributed by atoms with Crippen molar-refractivity contribution < 1.29 is 9.90 Å². The summed E-state index contributed by atoms with van der Waals surface area (Å²) in [6.45, 7) is 0.285. The third-order valence-electron chi connectivity index (χ3n) is 2.72. The van der Waals surface area contributed by atoms with Gasteiger partial charge in [-0.25, -0.2) is 0 Å². The van der Waals surface area contributed by atoms with Crippen molar-refractivity contribution in [3.63, 3.8) is 0 Å². The molecule has 0 bridgehead atoms. The van der Waals surface area contributed by atoms with E-state index >= 15 is 0 Å². The molecule has 3 nitrogen and oxygen atoms in total. The fraction of sp³-hybridized carbons (Fsp3) is 0.417. The lowest BCUT2D eigenvalue weighted by atomic mass is 10.2. The zero-order valence-electron chi connectivity index (χ0n) is 8.98. The number of thiophene rings is 1. The van der Waals surface area contributed by atoms with E-state index in [0.717, 1.165) is 30.4 Å². The van der Waals surface area contributed by atoms with Gasteiger partial charge in [-0.3, -0.25) is 4.79 Å². The smallest absolute Gasteiger partial charge is 0.246 e. The average molecular weight is 237 g/mol. The number of carbonyl (C=O) groups is 1. The molecule has 1 amide bonds. The van der Waals surface area contributed by atoms with E-state index in [4.69, 9.17) is 0 Å². The number of aliphatic hydroxyl groups is 1. The zero-order chi connectivity index (χ0) is 11.4. The Kier molecular flexibility index (Phi) is 3.74. The number of amides is 1. The van der Waals surface area contributed by atoms with Crippen LogP contribution in [0.2, 0.25) is 0 Å². The van der Waals surface area contributed by atoms with Gasteiger partial charge >= 0.3 is 0 Å². The van der Waals surface area contributed by atoms with Gasteiger partial charge in [-0.2, -0.15) is 11.3 Å². The van der Waals surface area contributed by atoms with Gasteiger partial charge in [0.05, 0.1) is 6.10 Å². The topological polar surface area (TPSA) is 49.3 Å². The summed E-state index contributed by atoms with van der Waals surface area (Å²) < 4.78 is 0. The van der Waals surface area contributed by atoms with E-state index in [2.05, 4.69) is 5.32 Å². The van der Waals surface area contributed by atoms with Crippen molar-refractivity contribution in [2.24, 2.45) is 0 Å². The van der Waals surface area contributed by atoms with E-state index in [-0.39, 0.29) is 12.5 Å². The van der Waals surface area contributed by atoms with E-state index < -0.39 is 6.10 Å². The van der Waals surface area contributed by atoms with Gasteiger partial charge < -0.3 is 10.4 Å². The predicted molar refractivity (Wildman–Crippen MR) is 64.2 cm³/mol. The molecule has 1 atom stereocenters. The van der Waals surface area contributed by atoms with Crippen LogP contribution >= 0.6 is 11.3 Å². The summed E-state index contributed by atoms with van der Waals surface area (Å²) in [6.07, 6.45) is 4.30. The SMILES string of the molecule is O=C(NCC(O)c1ccsc1)C1=CCCC1. The highest BCUT2D eigenvalue weighted by atomic mass is 32.1. The van der Waals surface area contributed by atoms with E-state index in [1.54, 1.807) is 11.3 Å². The molecule has 86 valence electrons. The van der Waals surface area contributed by atoms with E-state index in [1.165, 1.54) is 0 Å². The minimum Gasteiger partial charge on any atom is -0.387 e. The van der Waals surface area contributed by atoms with E-state index in [0.29, 0.717) is 0 Å². The summed E-state index contributed by atoms with van der Waals surface area (Å²) in [5, 5.41) is 16.3. The van der Waals surface area contributed by atoms with Gasteiger partial charge in [-0.05, 0) is 41.7 Å². The molecule has 2 N–H and O–H groups in total. The second-order valence-electron chi connectivity index (χ2n) is 3.90. The highest BCUT2D eigenvalue weighted by molar-refractivity contribution is 7.07. The van der Waals surface area contributed by atoms with Crippen molar-refractivity contribution in [3.05, 3.63) is 34.0 Å². The van der Waals surface area contributed by atoms with Crippen LogP contribution in [0.4, 0.5) is 0 Å². The van der Waals surface area contributed by atoms with Gasteiger partial charge in [-0.1, -0.05) is 6.08 Å². The molecule has 0 aromatic carbocycles. The Hall–Kier alpha value is -1.13. The molecular weight excluding hydrogens is 222 g/mol. The number of carbonyl (C=O) groups excluding carboxylic acids is 1. The minimum atomic E-state index is -0.600. The molecule has 0 saturated carbocycles. The first-order chi connectivity index (χ1) is 7.77. The van der Waals surface area contributed by atoms with E-state index in [1.807, 2.05) is 22.9 Å². The first-order valence-corrected chi connectivity index (χ1v) is 6.39. The molecule has 4 heteroatoms. The normalized spacial score (nSPS) is 16.9. The lowest BCUT2D eigenvalue weighted by Crippen LogP contribution is -2.29. The summed E-state index contributed by atoms with van der Waals surface area (Å²) in [4.78, 5) is 11.6. The maximum Gasteiger partial charge on any atom is 0.246 e. The van der Waals surface area contributed by atoms with Crippen molar-refractivity contribution in [2.45, 2.75) is 25.4 Å². The monoisotopic (exact) mass is 237 g/mol. The maximum absolute atomic E-state index is 11.6. The molecule has 1 heterocycles. The highest BCUT2D eigenvalue weighted by Crippen LogP contribution is 2.18. The van der Waals surface area contributed by atoms with Crippen LogP contribution in [0.25, 0.3) is 0 Å². The van der Waals surface area contributed by atoms with Crippen LogP contribution in [0.3, 0.4) is 0 Å². The average Bonchev–Trinajstić information content (AvgIpc) is 2.95. The second kappa shape index (κ2) is 5.27. The third kappa shape index (κ3) is 2.71. The van der Waals surface area contributed by atoms with Gasteiger partial charge in [0.25, 0.3) is 0 Å². The van der Waals surface area contributed by atoms with Crippen molar-refractivity contribution >= 4 is 17.2 Å². The van der Waals surface area contributed by atoms with Gasteiger partial charge in [0.1, 0.15) is 0 Å². The number of hydrogen-bond acceptors (Lipinski definition) is 3. The maximum atomic E-state index is 11.6. The Morgan fingerprint density at radius 3 is 3.12 bits per heavy atom. The fourth-order valence-corrected chi connectivity index (χ4v) is 2.47. The summed E-state index contributed by atoms with van der Waals surface area (Å²) in [6, 6.07) is 1.87. The van der Waals surface area contributed by atoms with E-state index in [9.17, 15) is 9.90 Å². The summed E-state index contributed by atoms with van der Waals surface area (Å²) >= 11 is 1.54. The molecule has 0 radical (unpaired) electrons. The molecule has 0 aliphatic heterocycles. The minimum absolute atomic E-state index is 0.0354. The first kappa shape index (κ1) is 11.4. The lowest BCUT2D eigenvalue weighted by molar-refractivity contribution is -0.118. The van der Waals surface area contributed by atoms with Gasteiger partial charge in [-0.15, -0.1) is 0 Å². The Labute approximate surface area is 98.8 Å². The Morgan fingerprint density at radius 1 is 1.62 bits per heavy atom. The Morgan fingerprint density at radius 2 is 2.50 bits per heavy atom. The van der Waals surface area contributed by atoms with Crippen LogP contribution < -0.4 is 5.32 Å². The summed E-state index contributed by atoms with van der Waals surface area (Å²) in [5.74, 6) is -0.0354. The standard InChI is InChI=1S/C12H15NO2S/c14-11(10-5-6-16-8-10)7-13-12(15)9-3-1-2-4-9/h3,5-6,8,11,14H,1-2,4,7H2,(H,13,15). The number of hydrogen-bond donors (Lipinski definition) is 2. The number of allylic oxidation sites excluding steroid dienone is 1. The van der Waals surface area contributed by atoms with Crippen LogP contribution in [0, 0.1) is 0 Å². The quantitative estimate of drug-likeness (QED) is 0.841. The van der Waals surface area contributed by atoms with Crippen LogP contribution in [0.1, 0.15) is 30.9 Å². The zero-order valence-corrected chi connectivity index (χ0v) is 9.80. The predicted octanol–water partition coefficient (Wildman–Crippen LogP) is 2.01. The van der Waals surface area contributed by atoms with Crippen LogP contribution in [-0.4, -0.2) is 17.6 Å². The van der Waals surface area contributed by atoms with Crippen LogP contribution in [-0.2, 0) is 4.79 Å². The molecule has 1 aromatic heterocycles. The van der Waals surface area contributed by atoms with Crippen LogP contribution in [0.5, 0.6) is 0 Å². The van der Waals surface area contributed by atoms with Gasteiger partial charge in [0.15, 0.2) is 0 Å². The molecule has 1 unspecified atom stereocenters. The second-order valence-corrected chi connectivity index (χ2v) is 4.68. The molecule has 0 saturated heterocycles. The molecule has 16 heavy (non-hydrogen) atoms. The Balaban J connectivity index is 1.81. The highest BCUT2D eigenvalue weighted by Gasteiger charge is 2.15. The Bertz CT molecular complexity index is 384. The first-order valence-electron chi connectivity index (χ1n) is 5.45. The van der Waals surface area contributed by atoms with Crippen molar-refractivity contribution in [1.29, 1.82) is 0 Å². The number of rotatable bonds is 4. The largest absolute Gasteiger partial charge is 0.387 e.